The van der Waals surface area contributed by atoms with Gasteiger partial charge in [-0.1, -0.05) is 55.3 Å². The Morgan fingerprint density at radius 2 is 1.91 bits per heavy atom. The van der Waals surface area contributed by atoms with Gasteiger partial charge in [0.05, 0.1) is 12.1 Å². The minimum absolute atomic E-state index is 0.0492. The topological polar surface area (TPSA) is 77.8 Å². The van der Waals surface area contributed by atoms with Crippen molar-refractivity contribution in [3.8, 4) is 0 Å². The molecule has 1 amide bonds. The van der Waals surface area contributed by atoms with Gasteiger partial charge >= 0.3 is 5.97 Å². The van der Waals surface area contributed by atoms with Crippen molar-refractivity contribution in [2.75, 3.05) is 6.54 Å². The minimum Gasteiger partial charge on any atom is -0.477 e. The normalized spacial score (nSPS) is 17.3. The highest BCUT2D eigenvalue weighted by Crippen LogP contribution is 2.23. The molecule has 2 heterocycles. The third kappa shape index (κ3) is 7.61. The molecule has 1 fully saturated rings. The summed E-state index contributed by atoms with van der Waals surface area (Å²) in [5, 5.41) is 19.3. The van der Waals surface area contributed by atoms with E-state index in [1.165, 1.54) is 16.9 Å². The standard InChI is InChI=1S/C26H33NO4S/c28-22(11-6-2-5-10-20-8-3-1-4-9-20)15-13-21-14-18-25(29)27(21)19-7-12-23-16-17-24(32-23)26(30)31/h1,3-4,8-9,13,15-17,21-22,28H,2,5-7,10-12,14,18-19H2,(H,30,31)/b15-13+/t21-,22+/m0/s1. The molecule has 2 atom stereocenters. The van der Waals surface area contributed by atoms with Gasteiger partial charge in [-0.25, -0.2) is 4.79 Å². The van der Waals surface area contributed by atoms with Crippen molar-refractivity contribution < 1.29 is 19.8 Å². The fraction of sp³-hybridized carbons (Fsp3) is 0.462. The van der Waals surface area contributed by atoms with E-state index in [0.29, 0.717) is 17.8 Å². The van der Waals surface area contributed by atoms with Gasteiger partial charge in [0.15, 0.2) is 0 Å². The van der Waals surface area contributed by atoms with E-state index >= 15 is 0 Å². The third-order valence-electron chi connectivity index (χ3n) is 5.93. The first kappa shape index (κ1) is 24.2. The van der Waals surface area contributed by atoms with Crippen molar-refractivity contribution in [2.24, 2.45) is 0 Å². The Morgan fingerprint density at radius 1 is 1.09 bits per heavy atom. The first-order valence-electron chi connectivity index (χ1n) is 11.5. The number of aliphatic hydroxyl groups is 1. The summed E-state index contributed by atoms with van der Waals surface area (Å²) in [6, 6.07) is 14.0. The number of aliphatic hydroxyl groups excluding tert-OH is 1. The Balaban J connectivity index is 1.35. The third-order valence-corrected chi connectivity index (χ3v) is 7.07. The number of likely N-dealkylation sites (tertiary alicyclic amines) is 1. The van der Waals surface area contributed by atoms with Crippen molar-refractivity contribution >= 4 is 23.2 Å². The summed E-state index contributed by atoms with van der Waals surface area (Å²) in [4.78, 5) is 26.6. The van der Waals surface area contributed by atoms with Crippen molar-refractivity contribution in [1.29, 1.82) is 0 Å². The monoisotopic (exact) mass is 455 g/mol. The van der Waals surface area contributed by atoms with E-state index in [-0.39, 0.29) is 11.9 Å². The van der Waals surface area contributed by atoms with Gasteiger partial charge in [0, 0.05) is 17.8 Å². The summed E-state index contributed by atoms with van der Waals surface area (Å²) in [5.41, 5.74) is 1.36. The number of amides is 1. The van der Waals surface area contributed by atoms with Crippen molar-refractivity contribution in [2.45, 2.75) is 69.9 Å². The number of hydrogen-bond acceptors (Lipinski definition) is 4. The van der Waals surface area contributed by atoms with Crippen LogP contribution in [0.4, 0.5) is 0 Å². The number of nitrogens with zero attached hydrogens (tertiary/aromatic N) is 1. The summed E-state index contributed by atoms with van der Waals surface area (Å²) in [6.07, 6.45) is 11.3. The fourth-order valence-corrected chi connectivity index (χ4v) is 5.04. The Bertz CT molecular complexity index is 892. The number of carboxylic acids is 1. The molecule has 1 aliphatic rings. The van der Waals surface area contributed by atoms with Crippen molar-refractivity contribution in [1.82, 2.24) is 4.90 Å². The highest BCUT2D eigenvalue weighted by atomic mass is 32.1. The first-order chi connectivity index (χ1) is 15.5. The second-order valence-corrected chi connectivity index (χ2v) is 9.57. The Kier molecular flexibility index (Phi) is 9.50. The molecule has 2 N–H and O–H groups in total. The molecule has 3 rings (SSSR count). The molecule has 6 heteroatoms. The summed E-state index contributed by atoms with van der Waals surface area (Å²) in [5.74, 6) is -0.733. The van der Waals surface area contributed by atoms with Gasteiger partial charge in [-0.05, 0) is 56.2 Å². The van der Waals surface area contributed by atoms with Crippen LogP contribution in [0.5, 0.6) is 0 Å². The summed E-state index contributed by atoms with van der Waals surface area (Å²) < 4.78 is 0. The van der Waals surface area contributed by atoms with Crippen LogP contribution in [0.15, 0.2) is 54.6 Å². The molecule has 0 aliphatic carbocycles. The molecule has 1 aromatic heterocycles. The maximum Gasteiger partial charge on any atom is 0.345 e. The van der Waals surface area contributed by atoms with Gasteiger partial charge in [-0.15, -0.1) is 11.3 Å². The second-order valence-electron chi connectivity index (χ2n) is 8.41. The van der Waals surface area contributed by atoms with Gasteiger partial charge in [0.2, 0.25) is 5.91 Å². The van der Waals surface area contributed by atoms with Crippen LogP contribution < -0.4 is 0 Å². The number of unbranched alkanes of at least 4 members (excludes halogenated alkanes) is 2. The molecule has 0 bridgehead atoms. The molecule has 0 saturated carbocycles. The lowest BCUT2D eigenvalue weighted by Crippen LogP contribution is -2.33. The van der Waals surface area contributed by atoms with E-state index < -0.39 is 12.1 Å². The van der Waals surface area contributed by atoms with Gasteiger partial charge < -0.3 is 15.1 Å². The zero-order valence-electron chi connectivity index (χ0n) is 18.5. The van der Waals surface area contributed by atoms with Crippen molar-refractivity contribution in [3.05, 3.63) is 69.9 Å². The highest BCUT2D eigenvalue weighted by molar-refractivity contribution is 7.13. The summed E-state index contributed by atoms with van der Waals surface area (Å²) >= 11 is 1.30. The SMILES string of the molecule is O=C(O)c1ccc(CCCN2C(=O)CC[C@@H]2/C=C/[C@H](O)CCCCCc2ccccc2)s1. The number of hydrogen-bond donors (Lipinski definition) is 2. The summed E-state index contributed by atoms with van der Waals surface area (Å²) in [6.45, 7) is 0.656. The zero-order valence-corrected chi connectivity index (χ0v) is 19.3. The number of carboxylic acid groups (broad SMARTS) is 1. The van der Waals surface area contributed by atoms with Crippen LogP contribution in [0.1, 0.15) is 65.1 Å². The predicted octanol–water partition coefficient (Wildman–Crippen LogP) is 5.09. The molecule has 0 spiro atoms. The van der Waals surface area contributed by atoms with Crippen LogP contribution >= 0.6 is 11.3 Å². The number of aromatic carboxylic acids is 1. The highest BCUT2D eigenvalue weighted by Gasteiger charge is 2.28. The van der Waals surface area contributed by atoms with E-state index in [1.54, 1.807) is 6.07 Å². The van der Waals surface area contributed by atoms with Crippen LogP contribution in [-0.4, -0.2) is 45.7 Å². The smallest absolute Gasteiger partial charge is 0.345 e. The summed E-state index contributed by atoms with van der Waals surface area (Å²) in [7, 11) is 0. The average Bonchev–Trinajstić information content (AvgIpc) is 3.40. The molecule has 1 aliphatic heterocycles. The molecule has 2 aromatic rings. The maximum atomic E-state index is 12.3. The quantitative estimate of drug-likeness (QED) is 0.326. The van der Waals surface area contributed by atoms with Crippen LogP contribution in [-0.2, 0) is 17.6 Å². The molecule has 5 nitrogen and oxygen atoms in total. The lowest BCUT2D eigenvalue weighted by atomic mass is 10.0. The van der Waals surface area contributed by atoms with E-state index in [1.807, 2.05) is 29.2 Å². The van der Waals surface area contributed by atoms with Crippen LogP contribution in [0.3, 0.4) is 0 Å². The molecule has 0 radical (unpaired) electrons. The molecule has 1 aromatic carbocycles. The van der Waals surface area contributed by atoms with E-state index in [4.69, 9.17) is 5.11 Å². The minimum atomic E-state index is -0.893. The van der Waals surface area contributed by atoms with Gasteiger partial charge in [-0.3, -0.25) is 4.79 Å². The number of aryl methyl sites for hydroxylation is 2. The fourth-order valence-electron chi connectivity index (χ4n) is 4.15. The molecule has 0 unspecified atom stereocenters. The average molecular weight is 456 g/mol. The molecular weight excluding hydrogens is 422 g/mol. The van der Waals surface area contributed by atoms with Gasteiger partial charge in [0.25, 0.3) is 0 Å². The first-order valence-corrected chi connectivity index (χ1v) is 12.4. The number of thiophene rings is 1. The Hall–Kier alpha value is -2.44. The van der Waals surface area contributed by atoms with E-state index in [2.05, 4.69) is 24.3 Å². The Morgan fingerprint density at radius 3 is 2.66 bits per heavy atom. The van der Waals surface area contributed by atoms with Crippen LogP contribution in [0, 0.1) is 0 Å². The largest absolute Gasteiger partial charge is 0.477 e. The predicted molar refractivity (Wildman–Crippen MR) is 128 cm³/mol. The van der Waals surface area contributed by atoms with E-state index in [9.17, 15) is 14.7 Å². The lowest BCUT2D eigenvalue weighted by molar-refractivity contribution is -0.128. The Labute approximate surface area is 194 Å². The molecule has 32 heavy (non-hydrogen) atoms. The molecule has 1 saturated heterocycles. The van der Waals surface area contributed by atoms with Crippen LogP contribution in [0.2, 0.25) is 0 Å². The van der Waals surface area contributed by atoms with Crippen molar-refractivity contribution in [3.63, 3.8) is 0 Å². The molecular formula is C26H33NO4S. The number of rotatable bonds is 13. The lowest BCUT2D eigenvalue weighted by Gasteiger charge is -2.22. The molecule has 172 valence electrons. The zero-order chi connectivity index (χ0) is 22.8. The number of carbonyl (C=O) groups is 2. The number of carbonyl (C=O) groups excluding carboxylic acids is 1. The second kappa shape index (κ2) is 12.6. The van der Waals surface area contributed by atoms with Crippen LogP contribution in [0.25, 0.3) is 0 Å². The van der Waals surface area contributed by atoms with Gasteiger partial charge in [0.1, 0.15) is 4.88 Å². The van der Waals surface area contributed by atoms with Gasteiger partial charge in [-0.2, -0.15) is 0 Å². The number of benzene rings is 1. The maximum absolute atomic E-state index is 12.3. The van der Waals surface area contributed by atoms with E-state index in [0.717, 1.165) is 56.2 Å².